The first-order valence-corrected chi connectivity index (χ1v) is 5.85. The molecule has 0 bridgehead atoms. The average Bonchev–Trinajstić information content (AvgIpc) is 2.26. The summed E-state index contributed by atoms with van der Waals surface area (Å²) in [5.74, 6) is -2.02. The summed E-state index contributed by atoms with van der Waals surface area (Å²) in [4.78, 5) is 10.9. The Bertz CT molecular complexity index is 404. The van der Waals surface area contributed by atoms with E-state index in [9.17, 15) is 15.0 Å². The van der Waals surface area contributed by atoms with Gasteiger partial charge < -0.3 is 15.3 Å². The van der Waals surface area contributed by atoms with Crippen LogP contribution >= 0.6 is 12.4 Å². The maximum absolute atomic E-state index is 10.9. The van der Waals surface area contributed by atoms with Crippen LogP contribution in [0.2, 0.25) is 0 Å². The number of halogens is 1. The molecule has 1 aromatic carbocycles. The predicted octanol–water partition coefficient (Wildman–Crippen LogP) is 3.34. The highest BCUT2D eigenvalue weighted by atomic mass is 35.5. The largest absolute Gasteiger partial charge is 0.507 e. The van der Waals surface area contributed by atoms with Gasteiger partial charge in [0.15, 0.2) is 0 Å². The van der Waals surface area contributed by atoms with Crippen LogP contribution in [0.1, 0.15) is 48.5 Å². The lowest BCUT2D eigenvalue weighted by atomic mass is 10.0. The molecule has 0 radical (unpaired) electrons. The van der Waals surface area contributed by atoms with Gasteiger partial charge in [-0.05, 0) is 24.5 Å². The molecule has 0 aromatic heterocycles. The fourth-order valence-electron chi connectivity index (χ4n) is 1.78. The highest BCUT2D eigenvalue weighted by Gasteiger charge is 2.18. The standard InChI is InChI=1S/C13H18O4.ClH/c1-2-3-4-5-6-9-7-8-10(14)11(12(9)15)13(16)17;/h7-8,14-15H,2-6H2,1H3,(H,16,17);1H. The van der Waals surface area contributed by atoms with Crippen LogP contribution in [0.25, 0.3) is 0 Å². The molecule has 102 valence electrons. The van der Waals surface area contributed by atoms with Crippen LogP contribution < -0.4 is 0 Å². The van der Waals surface area contributed by atoms with E-state index in [0.29, 0.717) is 12.0 Å². The zero-order valence-corrected chi connectivity index (χ0v) is 11.2. The van der Waals surface area contributed by atoms with Crippen LogP contribution in [0.3, 0.4) is 0 Å². The number of rotatable bonds is 6. The Labute approximate surface area is 113 Å². The van der Waals surface area contributed by atoms with Crippen molar-refractivity contribution >= 4 is 18.4 Å². The van der Waals surface area contributed by atoms with Crippen molar-refractivity contribution in [2.45, 2.75) is 39.0 Å². The molecule has 3 N–H and O–H groups in total. The molecule has 18 heavy (non-hydrogen) atoms. The first kappa shape index (κ1) is 16.6. The van der Waals surface area contributed by atoms with E-state index in [1.165, 1.54) is 6.07 Å². The molecule has 0 amide bonds. The Hall–Kier alpha value is -1.42. The van der Waals surface area contributed by atoms with Gasteiger partial charge in [0.05, 0.1) is 0 Å². The number of aryl methyl sites for hydroxylation is 1. The van der Waals surface area contributed by atoms with E-state index < -0.39 is 17.3 Å². The van der Waals surface area contributed by atoms with Gasteiger partial charge in [0, 0.05) is 0 Å². The number of hydrogen-bond acceptors (Lipinski definition) is 3. The molecule has 0 aliphatic rings. The highest BCUT2D eigenvalue weighted by Crippen LogP contribution is 2.31. The van der Waals surface area contributed by atoms with Crippen molar-refractivity contribution in [2.24, 2.45) is 0 Å². The maximum atomic E-state index is 10.9. The summed E-state index contributed by atoms with van der Waals surface area (Å²) in [6.07, 6.45) is 4.85. The molecule has 0 aliphatic heterocycles. The first-order valence-electron chi connectivity index (χ1n) is 5.85. The highest BCUT2D eigenvalue weighted by molar-refractivity contribution is 5.94. The number of phenols is 2. The van der Waals surface area contributed by atoms with E-state index in [2.05, 4.69) is 6.92 Å². The van der Waals surface area contributed by atoms with Crippen molar-refractivity contribution in [2.75, 3.05) is 0 Å². The molecule has 5 heteroatoms. The van der Waals surface area contributed by atoms with E-state index in [0.717, 1.165) is 25.7 Å². The molecule has 0 atom stereocenters. The predicted molar refractivity (Wildman–Crippen MR) is 71.8 cm³/mol. The molecule has 1 rings (SSSR count). The fraction of sp³-hybridized carbons (Fsp3) is 0.462. The Morgan fingerprint density at radius 3 is 2.39 bits per heavy atom. The number of hydrogen-bond donors (Lipinski definition) is 3. The van der Waals surface area contributed by atoms with E-state index in [4.69, 9.17) is 5.11 Å². The Morgan fingerprint density at radius 1 is 1.17 bits per heavy atom. The second-order valence-electron chi connectivity index (χ2n) is 4.08. The van der Waals surface area contributed by atoms with Gasteiger partial charge in [-0.25, -0.2) is 4.79 Å². The van der Waals surface area contributed by atoms with Gasteiger partial charge in [-0.3, -0.25) is 0 Å². The lowest BCUT2D eigenvalue weighted by Crippen LogP contribution is -2.00. The number of carboxylic acids is 1. The smallest absolute Gasteiger partial charge is 0.343 e. The third-order valence-corrected chi connectivity index (χ3v) is 2.75. The average molecular weight is 275 g/mol. The minimum absolute atomic E-state index is 0. The van der Waals surface area contributed by atoms with E-state index in [1.54, 1.807) is 6.07 Å². The van der Waals surface area contributed by atoms with Crippen molar-refractivity contribution in [3.63, 3.8) is 0 Å². The molecule has 0 fully saturated rings. The third-order valence-electron chi connectivity index (χ3n) is 2.75. The number of aromatic carboxylic acids is 1. The molecule has 1 aromatic rings. The van der Waals surface area contributed by atoms with Crippen LogP contribution in [-0.4, -0.2) is 21.3 Å². The minimum Gasteiger partial charge on any atom is -0.507 e. The monoisotopic (exact) mass is 274 g/mol. The van der Waals surface area contributed by atoms with Gasteiger partial charge in [-0.2, -0.15) is 0 Å². The molecule has 0 saturated heterocycles. The second-order valence-corrected chi connectivity index (χ2v) is 4.08. The van der Waals surface area contributed by atoms with Crippen molar-refractivity contribution in [1.29, 1.82) is 0 Å². The van der Waals surface area contributed by atoms with Crippen LogP contribution in [0.15, 0.2) is 12.1 Å². The maximum Gasteiger partial charge on any atom is 0.343 e. The van der Waals surface area contributed by atoms with Crippen molar-refractivity contribution in [3.05, 3.63) is 23.3 Å². The second kappa shape index (κ2) is 7.82. The summed E-state index contributed by atoms with van der Waals surface area (Å²) in [6, 6.07) is 2.89. The lowest BCUT2D eigenvalue weighted by molar-refractivity contribution is 0.0690. The Balaban J connectivity index is 0.00000289. The Morgan fingerprint density at radius 2 is 1.83 bits per heavy atom. The van der Waals surface area contributed by atoms with Gasteiger partial charge in [0.1, 0.15) is 17.1 Å². The Kier molecular flexibility index (Phi) is 7.20. The number of benzene rings is 1. The number of unbranched alkanes of at least 4 members (excludes halogenated alkanes) is 3. The topological polar surface area (TPSA) is 77.8 Å². The molecule has 0 saturated carbocycles. The van der Waals surface area contributed by atoms with Crippen LogP contribution in [0.4, 0.5) is 0 Å². The summed E-state index contributed by atoms with van der Waals surface area (Å²) in [5, 5.41) is 28.0. The van der Waals surface area contributed by atoms with Crippen molar-refractivity contribution in [3.8, 4) is 11.5 Å². The molecule has 0 spiro atoms. The summed E-state index contributed by atoms with van der Waals surface area (Å²) in [6.45, 7) is 2.11. The molecular weight excluding hydrogens is 256 g/mol. The summed E-state index contributed by atoms with van der Waals surface area (Å²) < 4.78 is 0. The van der Waals surface area contributed by atoms with Gasteiger partial charge in [0.25, 0.3) is 0 Å². The van der Waals surface area contributed by atoms with Crippen molar-refractivity contribution < 1.29 is 20.1 Å². The lowest BCUT2D eigenvalue weighted by Gasteiger charge is -2.08. The summed E-state index contributed by atoms with van der Waals surface area (Å²) in [5.41, 5.74) is 0.175. The molecule has 4 nitrogen and oxygen atoms in total. The fourth-order valence-corrected chi connectivity index (χ4v) is 1.78. The first-order chi connectivity index (χ1) is 8.07. The van der Waals surface area contributed by atoms with E-state index >= 15 is 0 Å². The van der Waals surface area contributed by atoms with Gasteiger partial charge in [0.2, 0.25) is 0 Å². The zero-order valence-electron chi connectivity index (χ0n) is 10.3. The van der Waals surface area contributed by atoms with Gasteiger partial charge in [-0.1, -0.05) is 32.3 Å². The normalized spacial score (nSPS) is 9.83. The van der Waals surface area contributed by atoms with Crippen LogP contribution in [0, 0.1) is 0 Å². The third kappa shape index (κ3) is 4.11. The molecular formula is C13H19ClO4. The zero-order chi connectivity index (χ0) is 12.8. The molecule has 0 heterocycles. The SMILES string of the molecule is CCCCCCc1ccc(O)c(C(=O)O)c1O.Cl. The van der Waals surface area contributed by atoms with Crippen LogP contribution in [-0.2, 0) is 6.42 Å². The van der Waals surface area contributed by atoms with Gasteiger partial charge >= 0.3 is 5.97 Å². The van der Waals surface area contributed by atoms with E-state index in [1.807, 2.05) is 0 Å². The van der Waals surface area contributed by atoms with Crippen molar-refractivity contribution in [1.82, 2.24) is 0 Å². The van der Waals surface area contributed by atoms with Crippen LogP contribution in [0.5, 0.6) is 11.5 Å². The quantitative estimate of drug-likeness (QED) is 0.695. The van der Waals surface area contributed by atoms with E-state index in [-0.39, 0.29) is 18.2 Å². The summed E-state index contributed by atoms with van der Waals surface area (Å²) in [7, 11) is 0. The minimum atomic E-state index is -1.31. The van der Waals surface area contributed by atoms with Gasteiger partial charge in [-0.15, -0.1) is 12.4 Å². The number of carbonyl (C=O) groups is 1. The number of aromatic hydroxyl groups is 2. The molecule has 0 aliphatic carbocycles. The molecule has 0 unspecified atom stereocenters. The summed E-state index contributed by atoms with van der Waals surface area (Å²) >= 11 is 0. The number of carboxylic acid groups (broad SMARTS) is 1.